The molecule has 1 saturated heterocycles. The van der Waals surface area contributed by atoms with Gasteiger partial charge in [-0.1, -0.05) is 6.07 Å². The van der Waals surface area contributed by atoms with Crippen molar-refractivity contribution < 1.29 is 4.92 Å². The van der Waals surface area contributed by atoms with E-state index >= 15 is 0 Å². The molecule has 1 aliphatic heterocycles. The summed E-state index contributed by atoms with van der Waals surface area (Å²) in [5.74, 6) is 0. The minimum absolute atomic E-state index is 0.226. The Balaban J connectivity index is 2.08. The first kappa shape index (κ1) is 11.7. The molecule has 1 aromatic rings. The van der Waals surface area contributed by atoms with Gasteiger partial charge in [0.15, 0.2) is 0 Å². The van der Waals surface area contributed by atoms with Crippen LogP contribution in [0.5, 0.6) is 0 Å². The fourth-order valence-corrected chi connectivity index (χ4v) is 3.32. The van der Waals surface area contributed by atoms with Gasteiger partial charge in [0.2, 0.25) is 0 Å². The minimum Gasteiger partial charge on any atom is -0.310 e. The van der Waals surface area contributed by atoms with Crippen LogP contribution in [-0.4, -0.2) is 11.5 Å². The number of nitro benzene ring substituents is 1. The van der Waals surface area contributed by atoms with Crippen LogP contribution in [0.3, 0.4) is 0 Å². The topological polar surface area (TPSA) is 55.2 Å². The van der Waals surface area contributed by atoms with E-state index in [2.05, 4.69) is 5.32 Å². The second kappa shape index (κ2) is 4.69. The number of fused-ring (bicyclic) bond motifs is 1. The molecule has 1 aliphatic carbocycles. The maximum absolute atomic E-state index is 11.1. The van der Waals surface area contributed by atoms with Gasteiger partial charge in [-0.3, -0.25) is 10.1 Å². The lowest BCUT2D eigenvalue weighted by Crippen LogP contribution is -2.18. The Bertz CT molecular complexity index is 479. The molecule has 0 radical (unpaired) electrons. The van der Waals surface area contributed by atoms with E-state index in [1.54, 1.807) is 6.07 Å². The largest absolute Gasteiger partial charge is 0.310 e. The summed E-state index contributed by atoms with van der Waals surface area (Å²) in [6, 6.07) is 4.10. The monoisotopic (exact) mass is 246 g/mol. The molecule has 1 N–H and O–H groups in total. The maximum atomic E-state index is 11.1. The third-order valence-electron chi connectivity index (χ3n) is 4.18. The number of nitro groups is 1. The van der Waals surface area contributed by atoms with Crippen molar-refractivity contribution in [2.45, 2.75) is 44.6 Å². The van der Waals surface area contributed by atoms with Crippen LogP contribution in [0.25, 0.3) is 0 Å². The molecule has 2 aliphatic rings. The molecule has 1 fully saturated rings. The molecule has 0 unspecified atom stereocenters. The van der Waals surface area contributed by atoms with Crippen molar-refractivity contribution in [3.05, 3.63) is 38.9 Å². The summed E-state index contributed by atoms with van der Waals surface area (Å²) in [7, 11) is 0. The number of benzene rings is 1. The van der Waals surface area contributed by atoms with Crippen LogP contribution >= 0.6 is 0 Å². The summed E-state index contributed by atoms with van der Waals surface area (Å²) in [6.45, 7) is 1.07. The summed E-state index contributed by atoms with van der Waals surface area (Å²) in [5, 5.41) is 14.6. The Morgan fingerprint density at radius 1 is 1.17 bits per heavy atom. The van der Waals surface area contributed by atoms with E-state index in [0.29, 0.717) is 11.7 Å². The molecule has 4 nitrogen and oxygen atoms in total. The zero-order chi connectivity index (χ0) is 12.5. The molecule has 0 saturated carbocycles. The molecule has 0 aromatic heterocycles. The lowest BCUT2D eigenvalue weighted by atomic mass is 9.84. The molecule has 0 amide bonds. The SMILES string of the molecule is O=[N+]([O-])c1ccc([C@H]2CCCN2)c2c1CCCC2. The third-order valence-corrected chi connectivity index (χ3v) is 4.18. The molecular formula is C14H18N2O2. The van der Waals surface area contributed by atoms with E-state index in [-0.39, 0.29) is 4.92 Å². The highest BCUT2D eigenvalue weighted by Gasteiger charge is 2.27. The molecule has 1 heterocycles. The second-order valence-corrected chi connectivity index (χ2v) is 5.24. The average Bonchev–Trinajstić information content (AvgIpc) is 2.91. The van der Waals surface area contributed by atoms with Gasteiger partial charge in [0.05, 0.1) is 4.92 Å². The summed E-state index contributed by atoms with van der Waals surface area (Å²) in [5.41, 5.74) is 3.89. The van der Waals surface area contributed by atoms with Crippen molar-refractivity contribution >= 4 is 5.69 Å². The number of nitrogens with one attached hydrogen (secondary N) is 1. The van der Waals surface area contributed by atoms with Crippen molar-refractivity contribution in [3.63, 3.8) is 0 Å². The molecule has 0 bridgehead atoms. The first-order valence-corrected chi connectivity index (χ1v) is 6.80. The van der Waals surface area contributed by atoms with Gasteiger partial charge >= 0.3 is 0 Å². The van der Waals surface area contributed by atoms with E-state index < -0.39 is 0 Å². The fraction of sp³-hybridized carbons (Fsp3) is 0.571. The molecule has 1 aromatic carbocycles. The van der Waals surface area contributed by atoms with Crippen molar-refractivity contribution in [3.8, 4) is 0 Å². The predicted molar refractivity (Wildman–Crippen MR) is 69.7 cm³/mol. The van der Waals surface area contributed by atoms with E-state index in [1.165, 1.54) is 17.5 Å². The molecule has 0 spiro atoms. The summed E-state index contributed by atoms with van der Waals surface area (Å²) in [4.78, 5) is 10.9. The van der Waals surface area contributed by atoms with Crippen LogP contribution in [0, 0.1) is 10.1 Å². The Hall–Kier alpha value is -1.42. The fourth-order valence-electron chi connectivity index (χ4n) is 3.32. The smallest absolute Gasteiger partial charge is 0.272 e. The van der Waals surface area contributed by atoms with Gasteiger partial charge in [0.25, 0.3) is 5.69 Å². The molecule has 3 rings (SSSR count). The van der Waals surface area contributed by atoms with E-state index in [9.17, 15) is 10.1 Å². The van der Waals surface area contributed by atoms with Crippen molar-refractivity contribution in [2.75, 3.05) is 6.54 Å². The number of hydrogen-bond donors (Lipinski definition) is 1. The van der Waals surface area contributed by atoms with Crippen LogP contribution in [0.2, 0.25) is 0 Å². The van der Waals surface area contributed by atoms with E-state index in [0.717, 1.165) is 44.2 Å². The highest BCUT2D eigenvalue weighted by Crippen LogP contribution is 2.36. The van der Waals surface area contributed by atoms with Gasteiger partial charge in [-0.05, 0) is 56.2 Å². The first-order valence-electron chi connectivity index (χ1n) is 6.80. The molecular weight excluding hydrogens is 228 g/mol. The van der Waals surface area contributed by atoms with Crippen LogP contribution in [-0.2, 0) is 12.8 Å². The van der Waals surface area contributed by atoms with E-state index in [4.69, 9.17) is 0 Å². The standard InChI is InChI=1S/C14H18N2O2/c17-16(18)14-8-7-11(13-6-3-9-15-13)10-4-1-2-5-12(10)14/h7-8,13,15H,1-6,9H2/t13-/m1/s1. The lowest BCUT2D eigenvalue weighted by Gasteiger charge is -2.22. The second-order valence-electron chi connectivity index (χ2n) is 5.24. The van der Waals surface area contributed by atoms with E-state index in [1.807, 2.05) is 6.07 Å². The summed E-state index contributed by atoms with van der Waals surface area (Å²) >= 11 is 0. The third kappa shape index (κ3) is 1.90. The lowest BCUT2D eigenvalue weighted by molar-refractivity contribution is -0.385. The predicted octanol–water partition coefficient (Wildman–Crippen LogP) is 2.90. The number of nitrogens with zero attached hydrogens (tertiary/aromatic N) is 1. The van der Waals surface area contributed by atoms with Crippen molar-refractivity contribution in [1.82, 2.24) is 5.32 Å². The van der Waals surface area contributed by atoms with Crippen LogP contribution in [0.15, 0.2) is 12.1 Å². The number of hydrogen-bond acceptors (Lipinski definition) is 3. The minimum atomic E-state index is -0.226. The Morgan fingerprint density at radius 3 is 2.61 bits per heavy atom. The molecule has 1 atom stereocenters. The maximum Gasteiger partial charge on any atom is 0.272 e. The zero-order valence-corrected chi connectivity index (χ0v) is 10.4. The van der Waals surface area contributed by atoms with Gasteiger partial charge in [0, 0.05) is 17.7 Å². The van der Waals surface area contributed by atoms with Gasteiger partial charge in [-0.15, -0.1) is 0 Å². The van der Waals surface area contributed by atoms with Gasteiger partial charge in [0.1, 0.15) is 0 Å². The average molecular weight is 246 g/mol. The van der Waals surface area contributed by atoms with Gasteiger partial charge in [-0.25, -0.2) is 0 Å². The normalized spacial score (nSPS) is 22.8. The van der Waals surface area contributed by atoms with Crippen molar-refractivity contribution in [2.24, 2.45) is 0 Å². The summed E-state index contributed by atoms with van der Waals surface area (Å²) < 4.78 is 0. The molecule has 18 heavy (non-hydrogen) atoms. The Labute approximate surface area is 107 Å². The molecule has 96 valence electrons. The van der Waals surface area contributed by atoms with Gasteiger partial charge < -0.3 is 5.32 Å². The van der Waals surface area contributed by atoms with Crippen LogP contribution < -0.4 is 5.32 Å². The zero-order valence-electron chi connectivity index (χ0n) is 10.4. The number of rotatable bonds is 2. The first-order chi connectivity index (χ1) is 8.77. The summed E-state index contributed by atoms with van der Waals surface area (Å²) in [6.07, 6.45) is 6.47. The van der Waals surface area contributed by atoms with Crippen molar-refractivity contribution in [1.29, 1.82) is 0 Å². The van der Waals surface area contributed by atoms with Crippen LogP contribution in [0.1, 0.15) is 48.4 Å². The van der Waals surface area contributed by atoms with Gasteiger partial charge in [-0.2, -0.15) is 0 Å². The molecule has 4 heteroatoms. The highest BCUT2D eigenvalue weighted by atomic mass is 16.6. The van der Waals surface area contributed by atoms with Crippen LogP contribution in [0.4, 0.5) is 5.69 Å². The Kier molecular flexibility index (Phi) is 3.04. The highest BCUT2D eigenvalue weighted by molar-refractivity contribution is 5.51. The quantitative estimate of drug-likeness (QED) is 0.644. The Morgan fingerprint density at radius 2 is 1.94 bits per heavy atom.